The van der Waals surface area contributed by atoms with E-state index in [4.69, 9.17) is 0 Å². The van der Waals surface area contributed by atoms with Crippen LogP contribution in [-0.2, 0) is 0 Å². The van der Waals surface area contributed by atoms with Gasteiger partial charge in [0.05, 0.1) is 4.47 Å². The molecule has 0 aromatic heterocycles. The van der Waals surface area contributed by atoms with Crippen molar-refractivity contribution in [2.75, 3.05) is 5.32 Å². The molecular weight excluding hydrogens is 361 g/mol. The second-order valence-electron chi connectivity index (χ2n) is 4.02. The van der Waals surface area contributed by atoms with Crippen LogP contribution < -0.4 is 5.32 Å². The molecule has 18 heavy (non-hydrogen) atoms. The van der Waals surface area contributed by atoms with Crippen molar-refractivity contribution in [2.24, 2.45) is 0 Å². The van der Waals surface area contributed by atoms with Gasteiger partial charge in [-0.2, -0.15) is 0 Å². The van der Waals surface area contributed by atoms with E-state index in [2.05, 4.69) is 37.2 Å². The van der Waals surface area contributed by atoms with Crippen LogP contribution >= 0.6 is 31.9 Å². The lowest BCUT2D eigenvalue weighted by atomic mass is 10.1. The van der Waals surface area contributed by atoms with Gasteiger partial charge in [-0.15, -0.1) is 0 Å². The Hall–Kier alpha value is -0.870. The summed E-state index contributed by atoms with van der Waals surface area (Å²) in [5.41, 5.74) is 2.05. The van der Waals surface area contributed by atoms with Crippen molar-refractivity contribution in [1.29, 1.82) is 0 Å². The first-order chi connectivity index (χ1) is 8.58. The third-order valence-corrected chi connectivity index (χ3v) is 3.99. The van der Waals surface area contributed by atoms with E-state index in [1.54, 1.807) is 12.1 Å². The Morgan fingerprint density at radius 1 is 1.06 bits per heavy atom. The standard InChI is InChI=1S/C14H12Br2FN/c1-9(10-6-7-13(17)12(16)8-10)18-14-5-3-2-4-11(14)15/h2-9,18H,1H3. The summed E-state index contributed by atoms with van der Waals surface area (Å²) in [6.45, 7) is 2.04. The number of nitrogens with one attached hydrogen (secondary N) is 1. The van der Waals surface area contributed by atoms with Gasteiger partial charge in [0.25, 0.3) is 0 Å². The molecule has 0 aliphatic rings. The largest absolute Gasteiger partial charge is 0.378 e. The van der Waals surface area contributed by atoms with E-state index >= 15 is 0 Å². The molecule has 0 radical (unpaired) electrons. The number of hydrogen-bond donors (Lipinski definition) is 1. The van der Waals surface area contributed by atoms with Gasteiger partial charge in [-0.25, -0.2) is 4.39 Å². The maximum atomic E-state index is 13.2. The molecule has 0 amide bonds. The van der Waals surface area contributed by atoms with Gasteiger partial charge >= 0.3 is 0 Å². The Kier molecular flexibility index (Phi) is 4.40. The van der Waals surface area contributed by atoms with Crippen LogP contribution in [0.5, 0.6) is 0 Å². The molecule has 2 aromatic carbocycles. The number of para-hydroxylation sites is 1. The number of hydrogen-bond acceptors (Lipinski definition) is 1. The molecule has 0 bridgehead atoms. The Balaban J connectivity index is 2.19. The minimum absolute atomic E-state index is 0.0978. The van der Waals surface area contributed by atoms with Crippen LogP contribution in [-0.4, -0.2) is 0 Å². The summed E-state index contributed by atoms with van der Waals surface area (Å²) in [6.07, 6.45) is 0. The molecular formula is C14H12Br2FN. The minimum Gasteiger partial charge on any atom is -0.378 e. The molecule has 0 fully saturated rings. The Bertz CT molecular complexity index is 557. The summed E-state index contributed by atoms with van der Waals surface area (Å²) in [4.78, 5) is 0. The fourth-order valence-corrected chi connectivity index (χ4v) is 2.47. The predicted octanol–water partition coefficient (Wildman–Crippen LogP) is 5.52. The molecule has 0 heterocycles. The van der Waals surface area contributed by atoms with Crippen molar-refractivity contribution >= 4 is 37.5 Å². The fraction of sp³-hybridized carbons (Fsp3) is 0.143. The zero-order chi connectivity index (χ0) is 13.1. The SMILES string of the molecule is CC(Nc1ccccc1Br)c1ccc(F)c(Br)c1. The summed E-state index contributed by atoms with van der Waals surface area (Å²) >= 11 is 6.69. The first kappa shape index (κ1) is 13.6. The molecule has 0 saturated carbocycles. The number of rotatable bonds is 3. The van der Waals surface area contributed by atoms with E-state index < -0.39 is 0 Å². The molecule has 1 nitrogen and oxygen atoms in total. The van der Waals surface area contributed by atoms with Gasteiger partial charge < -0.3 is 5.32 Å². The van der Waals surface area contributed by atoms with Gasteiger partial charge in [0.1, 0.15) is 5.82 Å². The Morgan fingerprint density at radius 3 is 2.44 bits per heavy atom. The average molecular weight is 373 g/mol. The predicted molar refractivity (Wildman–Crippen MR) is 80.3 cm³/mol. The molecule has 4 heteroatoms. The first-order valence-electron chi connectivity index (χ1n) is 5.54. The van der Waals surface area contributed by atoms with Crippen molar-refractivity contribution in [3.05, 3.63) is 62.8 Å². The lowest BCUT2D eigenvalue weighted by Gasteiger charge is -2.17. The summed E-state index contributed by atoms with van der Waals surface area (Å²) < 4.78 is 14.7. The number of benzene rings is 2. The molecule has 94 valence electrons. The summed E-state index contributed by atoms with van der Waals surface area (Å²) in [7, 11) is 0. The summed E-state index contributed by atoms with van der Waals surface area (Å²) in [6, 6.07) is 13.1. The summed E-state index contributed by atoms with van der Waals surface area (Å²) in [5.74, 6) is -0.244. The van der Waals surface area contributed by atoms with Gasteiger partial charge in [-0.3, -0.25) is 0 Å². The molecule has 0 saturated heterocycles. The first-order valence-corrected chi connectivity index (χ1v) is 7.12. The third kappa shape index (κ3) is 3.12. The van der Waals surface area contributed by atoms with E-state index in [0.717, 1.165) is 15.7 Å². The van der Waals surface area contributed by atoms with Gasteiger partial charge in [-0.05, 0) is 68.6 Å². The molecule has 2 rings (SSSR count). The van der Waals surface area contributed by atoms with Crippen molar-refractivity contribution in [3.63, 3.8) is 0 Å². The van der Waals surface area contributed by atoms with E-state index in [1.807, 2.05) is 31.2 Å². The monoisotopic (exact) mass is 371 g/mol. The van der Waals surface area contributed by atoms with E-state index in [9.17, 15) is 4.39 Å². The van der Waals surface area contributed by atoms with E-state index in [0.29, 0.717) is 4.47 Å². The van der Waals surface area contributed by atoms with E-state index in [1.165, 1.54) is 6.07 Å². The van der Waals surface area contributed by atoms with Gasteiger partial charge in [0.2, 0.25) is 0 Å². The molecule has 0 aliphatic carbocycles. The maximum Gasteiger partial charge on any atom is 0.137 e. The zero-order valence-corrected chi connectivity index (χ0v) is 12.9. The second-order valence-corrected chi connectivity index (χ2v) is 5.73. The zero-order valence-electron chi connectivity index (χ0n) is 9.75. The highest BCUT2D eigenvalue weighted by atomic mass is 79.9. The topological polar surface area (TPSA) is 12.0 Å². The molecule has 2 aromatic rings. The minimum atomic E-state index is -0.244. The van der Waals surface area contributed by atoms with Gasteiger partial charge in [0.15, 0.2) is 0 Å². The lowest BCUT2D eigenvalue weighted by Crippen LogP contribution is -2.07. The van der Waals surface area contributed by atoms with Crippen molar-refractivity contribution in [1.82, 2.24) is 0 Å². The van der Waals surface area contributed by atoms with E-state index in [-0.39, 0.29) is 11.9 Å². The lowest BCUT2D eigenvalue weighted by molar-refractivity contribution is 0.619. The number of anilines is 1. The summed E-state index contributed by atoms with van der Waals surface area (Å²) in [5, 5.41) is 3.38. The van der Waals surface area contributed by atoms with Crippen LogP contribution in [0.25, 0.3) is 0 Å². The molecule has 0 aliphatic heterocycles. The molecule has 0 spiro atoms. The van der Waals surface area contributed by atoms with Crippen molar-refractivity contribution in [3.8, 4) is 0 Å². The quantitative estimate of drug-likeness (QED) is 0.747. The van der Waals surface area contributed by atoms with Crippen LogP contribution in [0.1, 0.15) is 18.5 Å². The smallest absolute Gasteiger partial charge is 0.137 e. The van der Waals surface area contributed by atoms with Crippen LogP contribution in [0.2, 0.25) is 0 Å². The second kappa shape index (κ2) is 5.85. The van der Waals surface area contributed by atoms with Crippen molar-refractivity contribution < 1.29 is 4.39 Å². The fourth-order valence-electron chi connectivity index (χ4n) is 1.68. The molecule has 1 unspecified atom stereocenters. The van der Waals surface area contributed by atoms with Crippen LogP contribution in [0.15, 0.2) is 51.4 Å². The third-order valence-electron chi connectivity index (χ3n) is 2.69. The van der Waals surface area contributed by atoms with Crippen LogP contribution in [0.4, 0.5) is 10.1 Å². The molecule has 1 atom stereocenters. The maximum absolute atomic E-state index is 13.2. The average Bonchev–Trinajstić information content (AvgIpc) is 2.35. The highest BCUT2D eigenvalue weighted by molar-refractivity contribution is 9.10. The van der Waals surface area contributed by atoms with Gasteiger partial charge in [-0.1, -0.05) is 18.2 Å². The normalized spacial score (nSPS) is 12.2. The Morgan fingerprint density at radius 2 is 1.78 bits per heavy atom. The van der Waals surface area contributed by atoms with Crippen LogP contribution in [0.3, 0.4) is 0 Å². The van der Waals surface area contributed by atoms with Gasteiger partial charge in [0, 0.05) is 16.2 Å². The number of halogens is 3. The van der Waals surface area contributed by atoms with Crippen LogP contribution in [0, 0.1) is 5.82 Å². The van der Waals surface area contributed by atoms with Crippen molar-refractivity contribution in [2.45, 2.75) is 13.0 Å². The highest BCUT2D eigenvalue weighted by Crippen LogP contribution is 2.27. The highest BCUT2D eigenvalue weighted by Gasteiger charge is 2.09. The molecule has 1 N–H and O–H groups in total. The Labute approximate surface area is 123 Å².